The Bertz CT molecular complexity index is 1380. The standard InChI is InChI=1S/C32H39N5O4/c1-32(2,3)23-9-7-22(8-10-23)30(38)36-19-25-26(20-36)27(25)21-37(31(39)41-29-6-5-13-34(29)4)24-11-12-28(33-18-24)35-14-16-40-17-15-35/h5-13,18,25-27H,14-17,19-21H2,1-4H3. The lowest BCUT2D eigenvalue weighted by molar-refractivity contribution is 0.0768. The average Bonchev–Trinajstić information content (AvgIpc) is 3.25. The molecule has 3 aliphatic rings. The second kappa shape index (κ2) is 10.9. The van der Waals surface area contributed by atoms with Gasteiger partial charge in [-0.1, -0.05) is 32.9 Å². The van der Waals surface area contributed by atoms with E-state index in [0.717, 1.165) is 24.5 Å². The highest BCUT2D eigenvalue weighted by Crippen LogP contribution is 2.52. The summed E-state index contributed by atoms with van der Waals surface area (Å²) in [6.45, 7) is 11.4. The second-order valence-corrected chi connectivity index (χ2v) is 12.4. The molecule has 2 saturated heterocycles. The molecule has 3 aromatic rings. The molecule has 0 N–H and O–H groups in total. The van der Waals surface area contributed by atoms with E-state index >= 15 is 0 Å². The quantitative estimate of drug-likeness (QED) is 0.442. The Balaban J connectivity index is 1.13. The summed E-state index contributed by atoms with van der Waals surface area (Å²) in [7, 11) is 1.85. The van der Waals surface area contributed by atoms with Gasteiger partial charge in [-0.25, -0.2) is 9.78 Å². The predicted molar refractivity (Wildman–Crippen MR) is 158 cm³/mol. The molecule has 0 radical (unpaired) electrons. The van der Waals surface area contributed by atoms with Gasteiger partial charge in [-0.3, -0.25) is 9.69 Å². The third-order valence-corrected chi connectivity index (χ3v) is 8.74. The summed E-state index contributed by atoms with van der Waals surface area (Å²) in [5, 5.41) is 0. The zero-order chi connectivity index (χ0) is 28.7. The minimum atomic E-state index is -0.426. The van der Waals surface area contributed by atoms with Gasteiger partial charge in [-0.05, 0) is 59.1 Å². The van der Waals surface area contributed by atoms with Crippen molar-refractivity contribution >= 4 is 23.5 Å². The molecule has 4 heterocycles. The normalized spacial score (nSPS) is 21.9. The Hall–Kier alpha value is -3.85. The summed E-state index contributed by atoms with van der Waals surface area (Å²) in [4.78, 5) is 37.2. The van der Waals surface area contributed by atoms with Crippen molar-refractivity contribution in [3.63, 3.8) is 0 Å². The molecule has 2 unspecified atom stereocenters. The number of hydrogen-bond acceptors (Lipinski definition) is 6. The van der Waals surface area contributed by atoms with Gasteiger partial charge >= 0.3 is 6.09 Å². The maximum atomic E-state index is 13.5. The Morgan fingerprint density at radius 1 is 1.02 bits per heavy atom. The van der Waals surface area contributed by atoms with Crippen molar-refractivity contribution in [2.75, 3.05) is 55.7 Å². The zero-order valence-electron chi connectivity index (χ0n) is 24.3. The second-order valence-electron chi connectivity index (χ2n) is 12.4. The van der Waals surface area contributed by atoms with Gasteiger partial charge in [0, 0.05) is 57.6 Å². The highest BCUT2D eigenvalue weighted by molar-refractivity contribution is 5.94. The molecule has 2 aliphatic heterocycles. The van der Waals surface area contributed by atoms with Crippen LogP contribution in [-0.2, 0) is 17.2 Å². The van der Waals surface area contributed by atoms with Crippen LogP contribution in [0.3, 0.4) is 0 Å². The van der Waals surface area contributed by atoms with E-state index in [0.29, 0.717) is 62.2 Å². The van der Waals surface area contributed by atoms with Crippen LogP contribution in [0.1, 0.15) is 36.7 Å². The molecule has 3 fully saturated rings. The Kier molecular flexibility index (Phi) is 7.23. The molecule has 1 saturated carbocycles. The first-order valence-electron chi connectivity index (χ1n) is 14.5. The van der Waals surface area contributed by atoms with E-state index < -0.39 is 6.09 Å². The van der Waals surface area contributed by atoms with Crippen LogP contribution in [0.25, 0.3) is 0 Å². The van der Waals surface area contributed by atoms with Gasteiger partial charge in [0.05, 0.1) is 25.1 Å². The topological polar surface area (TPSA) is 80.1 Å². The maximum absolute atomic E-state index is 13.5. The summed E-state index contributed by atoms with van der Waals surface area (Å²) in [6, 6.07) is 15.5. The fourth-order valence-corrected chi connectivity index (χ4v) is 6.09. The average molecular weight is 558 g/mol. The number of piperidine rings is 1. The molecule has 41 heavy (non-hydrogen) atoms. The van der Waals surface area contributed by atoms with E-state index in [1.165, 1.54) is 5.56 Å². The first-order chi connectivity index (χ1) is 19.7. The van der Waals surface area contributed by atoms with E-state index in [-0.39, 0.29) is 11.3 Å². The van der Waals surface area contributed by atoms with Gasteiger partial charge in [0.2, 0.25) is 5.88 Å². The number of amides is 2. The highest BCUT2D eigenvalue weighted by Gasteiger charge is 2.57. The smallest absolute Gasteiger partial charge is 0.393 e. The van der Waals surface area contributed by atoms with E-state index in [1.54, 1.807) is 21.7 Å². The number of aromatic nitrogens is 2. The van der Waals surface area contributed by atoms with Gasteiger partial charge in [-0.15, -0.1) is 0 Å². The fraction of sp³-hybridized carbons (Fsp3) is 0.469. The van der Waals surface area contributed by atoms with Crippen LogP contribution >= 0.6 is 0 Å². The molecule has 216 valence electrons. The fourth-order valence-electron chi connectivity index (χ4n) is 6.09. The SMILES string of the molecule is Cn1cccc1OC(=O)N(CC1C2CN(C(=O)c3ccc(C(C)(C)C)cc3)CC21)c1ccc(N2CCOCC2)nc1. The number of hydrogen-bond donors (Lipinski definition) is 0. The summed E-state index contributed by atoms with van der Waals surface area (Å²) >= 11 is 0. The van der Waals surface area contributed by atoms with Crippen LogP contribution in [0.15, 0.2) is 60.9 Å². The van der Waals surface area contributed by atoms with Crippen LogP contribution in [0.2, 0.25) is 0 Å². The van der Waals surface area contributed by atoms with Crippen LogP contribution in [0.5, 0.6) is 5.88 Å². The Morgan fingerprint density at radius 2 is 1.73 bits per heavy atom. The van der Waals surface area contributed by atoms with Gasteiger partial charge in [-0.2, -0.15) is 0 Å². The largest absolute Gasteiger partial charge is 0.421 e. The number of anilines is 2. The summed E-state index contributed by atoms with van der Waals surface area (Å²) in [6.07, 6.45) is 3.18. The van der Waals surface area contributed by atoms with E-state index in [9.17, 15) is 9.59 Å². The number of ether oxygens (including phenoxy) is 2. The monoisotopic (exact) mass is 557 g/mol. The third-order valence-electron chi connectivity index (χ3n) is 8.74. The molecule has 0 spiro atoms. The first kappa shape index (κ1) is 27.3. The molecule has 9 nitrogen and oxygen atoms in total. The van der Waals surface area contributed by atoms with Gasteiger partial charge < -0.3 is 23.8 Å². The molecule has 2 aromatic heterocycles. The number of fused-ring (bicyclic) bond motifs is 1. The molecule has 2 amide bonds. The highest BCUT2D eigenvalue weighted by atomic mass is 16.6. The number of carbonyl (C=O) groups excluding carboxylic acids is 2. The molecule has 2 atom stereocenters. The first-order valence-corrected chi connectivity index (χ1v) is 14.5. The number of aryl methyl sites for hydroxylation is 1. The molecule has 9 heteroatoms. The Labute approximate surface area is 241 Å². The molecular formula is C32H39N5O4. The van der Waals surface area contributed by atoms with E-state index in [4.69, 9.17) is 9.47 Å². The van der Waals surface area contributed by atoms with Crippen LogP contribution in [0, 0.1) is 17.8 Å². The molecule has 0 bridgehead atoms. The van der Waals surface area contributed by atoms with E-state index in [2.05, 4.69) is 42.8 Å². The van der Waals surface area contributed by atoms with Crippen LogP contribution in [-0.4, -0.2) is 72.4 Å². The lowest BCUT2D eigenvalue weighted by Crippen LogP contribution is -2.39. The van der Waals surface area contributed by atoms with Crippen molar-refractivity contribution in [2.24, 2.45) is 24.8 Å². The molecule has 1 aliphatic carbocycles. The number of morpholine rings is 1. The minimum absolute atomic E-state index is 0.0513. The number of nitrogens with zero attached hydrogens (tertiary/aromatic N) is 5. The van der Waals surface area contributed by atoms with Crippen molar-refractivity contribution in [2.45, 2.75) is 26.2 Å². The number of pyridine rings is 1. The van der Waals surface area contributed by atoms with Crippen molar-refractivity contribution in [3.8, 4) is 5.88 Å². The minimum Gasteiger partial charge on any atom is -0.393 e. The van der Waals surface area contributed by atoms with Crippen LogP contribution in [0.4, 0.5) is 16.3 Å². The van der Waals surface area contributed by atoms with E-state index in [1.807, 2.05) is 48.5 Å². The number of rotatable bonds is 6. The number of likely N-dealkylation sites (tertiary alicyclic amines) is 1. The lowest BCUT2D eigenvalue weighted by Gasteiger charge is -2.29. The summed E-state index contributed by atoms with van der Waals surface area (Å²) in [5.74, 6) is 2.50. The Morgan fingerprint density at radius 3 is 2.32 bits per heavy atom. The van der Waals surface area contributed by atoms with Crippen LogP contribution < -0.4 is 14.5 Å². The lowest BCUT2D eigenvalue weighted by atomic mass is 9.86. The summed E-state index contributed by atoms with van der Waals surface area (Å²) in [5.41, 5.74) is 2.71. The molecule has 1 aromatic carbocycles. The maximum Gasteiger partial charge on any atom is 0.421 e. The van der Waals surface area contributed by atoms with Gasteiger partial charge in [0.25, 0.3) is 5.91 Å². The molecule has 6 rings (SSSR count). The van der Waals surface area contributed by atoms with Crippen molar-refractivity contribution in [1.82, 2.24) is 14.5 Å². The van der Waals surface area contributed by atoms with Gasteiger partial charge in [0.15, 0.2) is 0 Å². The third kappa shape index (κ3) is 5.68. The van der Waals surface area contributed by atoms with Gasteiger partial charge in [0.1, 0.15) is 5.82 Å². The number of carbonyl (C=O) groups is 2. The predicted octanol–water partition coefficient (Wildman–Crippen LogP) is 4.58. The number of benzene rings is 1. The summed E-state index contributed by atoms with van der Waals surface area (Å²) < 4.78 is 13.0. The zero-order valence-corrected chi connectivity index (χ0v) is 24.3. The van der Waals surface area contributed by atoms with Crippen molar-refractivity contribution in [3.05, 3.63) is 72.1 Å². The van der Waals surface area contributed by atoms with Crippen molar-refractivity contribution in [1.29, 1.82) is 0 Å². The molecular weight excluding hydrogens is 518 g/mol. The van der Waals surface area contributed by atoms with Crippen molar-refractivity contribution < 1.29 is 19.1 Å².